The van der Waals surface area contributed by atoms with E-state index in [1.807, 2.05) is 32.1 Å². The van der Waals surface area contributed by atoms with Crippen LogP contribution in [0.4, 0.5) is 5.69 Å². The third-order valence-corrected chi connectivity index (χ3v) is 4.56. The first-order valence-electron chi connectivity index (χ1n) is 8.98. The Morgan fingerprint density at radius 2 is 1.97 bits per heavy atom. The second-order valence-electron chi connectivity index (χ2n) is 6.04. The lowest BCUT2D eigenvalue weighted by atomic mass is 10.0. The van der Waals surface area contributed by atoms with Gasteiger partial charge in [0.05, 0.1) is 11.6 Å². The standard InChI is InChI=1S/C22H27N5OS/c1-5-7-8-20(16(4)26-6-2)18(14-23)13-17-9-11-19(12-10-17)27-22(28)21(29-25)15(3)24/h5,7-13,26H,1,6,24-25H2,2-4H3,(H,27,28)/b8-7-,18-13+,20-16-,21-15-. The number of nitrogens with two attached hydrogens (primary N) is 2. The Hall–Kier alpha value is -3.21. The van der Waals surface area contributed by atoms with Crippen molar-refractivity contribution in [1.29, 1.82) is 5.26 Å². The second-order valence-corrected chi connectivity index (χ2v) is 6.68. The Morgan fingerprint density at radius 3 is 2.45 bits per heavy atom. The minimum absolute atomic E-state index is 0.267. The van der Waals surface area contributed by atoms with Crippen LogP contribution in [0.1, 0.15) is 26.3 Å². The van der Waals surface area contributed by atoms with Crippen LogP contribution in [0.5, 0.6) is 0 Å². The van der Waals surface area contributed by atoms with E-state index in [9.17, 15) is 10.1 Å². The van der Waals surface area contributed by atoms with Gasteiger partial charge in [-0.3, -0.25) is 9.93 Å². The first-order chi connectivity index (χ1) is 13.9. The van der Waals surface area contributed by atoms with Crippen molar-refractivity contribution in [2.24, 2.45) is 10.9 Å². The zero-order chi connectivity index (χ0) is 21.8. The average molecular weight is 410 g/mol. The number of carbonyl (C=O) groups excluding carboxylic acids is 1. The molecule has 1 aromatic rings. The van der Waals surface area contributed by atoms with Crippen LogP contribution < -0.4 is 21.5 Å². The van der Waals surface area contributed by atoms with Crippen LogP contribution in [-0.4, -0.2) is 12.5 Å². The first kappa shape index (κ1) is 23.8. The molecule has 0 saturated heterocycles. The number of allylic oxidation sites excluding steroid dienone is 7. The predicted molar refractivity (Wildman–Crippen MR) is 123 cm³/mol. The summed E-state index contributed by atoms with van der Waals surface area (Å²) < 4.78 is 0. The predicted octanol–water partition coefficient (Wildman–Crippen LogP) is 3.95. The molecule has 0 aliphatic carbocycles. The average Bonchev–Trinajstić information content (AvgIpc) is 2.69. The number of nitrogens with one attached hydrogen (secondary N) is 2. The first-order valence-corrected chi connectivity index (χ1v) is 9.86. The Morgan fingerprint density at radius 1 is 1.31 bits per heavy atom. The summed E-state index contributed by atoms with van der Waals surface area (Å²) in [5.74, 6) is -0.362. The van der Waals surface area contributed by atoms with Gasteiger partial charge in [-0.05, 0) is 56.5 Å². The molecule has 0 aliphatic rings. The molecule has 152 valence electrons. The van der Waals surface area contributed by atoms with Crippen molar-refractivity contribution in [3.8, 4) is 6.07 Å². The van der Waals surface area contributed by atoms with E-state index in [4.69, 9.17) is 10.9 Å². The van der Waals surface area contributed by atoms with Gasteiger partial charge in [0.1, 0.15) is 4.91 Å². The fourth-order valence-electron chi connectivity index (χ4n) is 2.45. The maximum Gasteiger partial charge on any atom is 0.265 e. The van der Waals surface area contributed by atoms with Gasteiger partial charge >= 0.3 is 0 Å². The van der Waals surface area contributed by atoms with Crippen molar-refractivity contribution in [1.82, 2.24) is 5.32 Å². The highest BCUT2D eigenvalue weighted by Gasteiger charge is 2.11. The summed E-state index contributed by atoms with van der Waals surface area (Å²) in [6, 6.07) is 9.40. The highest BCUT2D eigenvalue weighted by atomic mass is 32.2. The molecule has 0 atom stereocenters. The maximum absolute atomic E-state index is 12.2. The van der Waals surface area contributed by atoms with Crippen molar-refractivity contribution in [2.45, 2.75) is 20.8 Å². The molecule has 6 nitrogen and oxygen atoms in total. The Bertz CT molecular complexity index is 898. The van der Waals surface area contributed by atoms with Crippen LogP contribution in [0.25, 0.3) is 6.08 Å². The van der Waals surface area contributed by atoms with E-state index in [1.165, 1.54) is 0 Å². The number of carbonyl (C=O) groups is 1. The van der Waals surface area contributed by atoms with Gasteiger partial charge in [0.15, 0.2) is 0 Å². The number of hydrogen-bond donors (Lipinski definition) is 4. The molecule has 0 aromatic heterocycles. The molecule has 1 aromatic carbocycles. The number of nitrogens with zero attached hydrogens (tertiary/aromatic N) is 1. The molecule has 1 rings (SSSR count). The topological polar surface area (TPSA) is 117 Å². The highest BCUT2D eigenvalue weighted by molar-refractivity contribution is 8.01. The highest BCUT2D eigenvalue weighted by Crippen LogP contribution is 2.21. The zero-order valence-electron chi connectivity index (χ0n) is 17.0. The minimum Gasteiger partial charge on any atom is -0.401 e. The molecule has 0 spiro atoms. The summed E-state index contributed by atoms with van der Waals surface area (Å²) in [4.78, 5) is 12.5. The van der Waals surface area contributed by atoms with Crippen LogP contribution in [0.15, 0.2) is 76.5 Å². The third-order valence-electron chi connectivity index (χ3n) is 3.82. The molecule has 6 N–H and O–H groups in total. The molecular formula is C22H27N5OS. The van der Waals surface area contributed by atoms with Crippen LogP contribution in [-0.2, 0) is 4.79 Å². The normalized spacial score (nSPS) is 13.3. The smallest absolute Gasteiger partial charge is 0.265 e. The van der Waals surface area contributed by atoms with Gasteiger partial charge in [0.2, 0.25) is 0 Å². The van der Waals surface area contributed by atoms with E-state index in [-0.39, 0.29) is 10.8 Å². The largest absolute Gasteiger partial charge is 0.401 e. The summed E-state index contributed by atoms with van der Waals surface area (Å²) in [6.07, 6.45) is 7.10. The van der Waals surface area contributed by atoms with Crippen molar-refractivity contribution in [3.63, 3.8) is 0 Å². The number of benzene rings is 1. The van der Waals surface area contributed by atoms with E-state index in [2.05, 4.69) is 23.3 Å². The molecule has 0 bridgehead atoms. The van der Waals surface area contributed by atoms with Gasteiger partial charge < -0.3 is 16.4 Å². The minimum atomic E-state index is -0.362. The van der Waals surface area contributed by atoms with Crippen LogP contribution in [0, 0.1) is 11.3 Å². The molecule has 7 heteroatoms. The van der Waals surface area contributed by atoms with E-state index in [0.717, 1.165) is 35.3 Å². The van der Waals surface area contributed by atoms with Crippen molar-refractivity contribution in [2.75, 3.05) is 11.9 Å². The Kier molecular flexibility index (Phi) is 10.1. The molecule has 0 aliphatic heterocycles. The van der Waals surface area contributed by atoms with Gasteiger partial charge in [-0.1, -0.05) is 36.9 Å². The fourth-order valence-corrected chi connectivity index (χ4v) is 2.80. The van der Waals surface area contributed by atoms with Crippen molar-refractivity contribution in [3.05, 3.63) is 82.1 Å². The SMILES string of the molecule is C=C\C=C/C(C(/C#N)=C/c1ccc(NC(=O)/C(SN)=C(\C)N)cc1)=C(\C)NCC. The maximum atomic E-state index is 12.2. The second kappa shape index (κ2) is 12.3. The molecule has 0 saturated carbocycles. The van der Waals surface area contributed by atoms with Gasteiger partial charge in [0, 0.05) is 29.2 Å². The van der Waals surface area contributed by atoms with Crippen molar-refractivity contribution >= 4 is 29.6 Å². The zero-order valence-corrected chi connectivity index (χ0v) is 17.8. The number of amides is 1. The Labute approximate surface area is 176 Å². The number of anilines is 1. The number of hydrogen-bond acceptors (Lipinski definition) is 6. The molecular weight excluding hydrogens is 382 g/mol. The van der Waals surface area contributed by atoms with Crippen molar-refractivity contribution < 1.29 is 4.79 Å². The van der Waals surface area contributed by atoms with E-state index in [0.29, 0.717) is 17.0 Å². The third kappa shape index (κ3) is 7.37. The molecule has 0 heterocycles. The molecule has 0 unspecified atom stereocenters. The quantitative estimate of drug-likeness (QED) is 0.212. The number of nitriles is 1. The van der Waals surface area contributed by atoms with Crippen LogP contribution >= 0.6 is 11.9 Å². The molecule has 0 radical (unpaired) electrons. The van der Waals surface area contributed by atoms with Gasteiger partial charge in [-0.25, -0.2) is 0 Å². The summed E-state index contributed by atoms with van der Waals surface area (Å²) in [7, 11) is 0. The van der Waals surface area contributed by atoms with E-state index in [1.54, 1.807) is 37.3 Å². The lowest BCUT2D eigenvalue weighted by Gasteiger charge is -2.10. The monoisotopic (exact) mass is 409 g/mol. The Balaban J connectivity index is 3.16. The summed E-state index contributed by atoms with van der Waals surface area (Å²) >= 11 is 0.809. The summed E-state index contributed by atoms with van der Waals surface area (Å²) in [5.41, 5.74) is 9.66. The van der Waals surface area contributed by atoms with E-state index >= 15 is 0 Å². The summed E-state index contributed by atoms with van der Waals surface area (Å²) in [5, 5.41) is 21.1. The van der Waals surface area contributed by atoms with Gasteiger partial charge in [-0.15, -0.1) is 0 Å². The van der Waals surface area contributed by atoms with Gasteiger partial charge in [-0.2, -0.15) is 5.26 Å². The van der Waals surface area contributed by atoms with Crippen LogP contribution in [0.3, 0.4) is 0 Å². The van der Waals surface area contributed by atoms with E-state index < -0.39 is 0 Å². The molecule has 1 amide bonds. The van der Waals surface area contributed by atoms with Gasteiger partial charge in [0.25, 0.3) is 5.91 Å². The lowest BCUT2D eigenvalue weighted by molar-refractivity contribution is -0.112. The van der Waals surface area contributed by atoms with Crippen LogP contribution in [0.2, 0.25) is 0 Å². The fraction of sp³-hybridized carbons (Fsp3) is 0.182. The lowest BCUT2D eigenvalue weighted by Crippen LogP contribution is -2.17. The molecule has 0 fully saturated rings. The number of rotatable bonds is 9. The summed E-state index contributed by atoms with van der Waals surface area (Å²) in [6.45, 7) is 9.98. The molecule has 29 heavy (non-hydrogen) atoms.